The summed E-state index contributed by atoms with van der Waals surface area (Å²) in [6.45, 7) is 6.69. The molecule has 5 heteroatoms. The Balaban J connectivity index is 1.54. The Bertz CT molecular complexity index is 713. The van der Waals surface area contributed by atoms with Gasteiger partial charge < -0.3 is 20.3 Å². The molecule has 1 aromatic heterocycles. The Morgan fingerprint density at radius 1 is 1.24 bits per heavy atom. The van der Waals surface area contributed by atoms with E-state index in [9.17, 15) is 9.90 Å². The second kappa shape index (κ2) is 7.74. The number of rotatable bonds is 5. The lowest BCUT2D eigenvalue weighted by Crippen LogP contribution is -2.34. The molecule has 3 N–H and O–H groups in total. The van der Waals surface area contributed by atoms with Crippen molar-refractivity contribution in [2.45, 2.75) is 33.2 Å². The van der Waals surface area contributed by atoms with Crippen molar-refractivity contribution in [2.24, 2.45) is 5.92 Å². The van der Waals surface area contributed by atoms with Crippen LogP contribution < -0.4 is 10.2 Å². The lowest BCUT2D eigenvalue weighted by Gasteiger charge is -2.33. The SMILES string of the molecule is Cc1cc(C)c(C(=O)NCc2ccc(N3CCC(CO)CC3)cc2)[nH]1. The van der Waals surface area contributed by atoms with Crippen LogP contribution in [0.1, 0.15) is 40.2 Å². The quantitative estimate of drug-likeness (QED) is 0.783. The number of benzene rings is 1. The topological polar surface area (TPSA) is 68.4 Å². The highest BCUT2D eigenvalue weighted by atomic mass is 16.3. The van der Waals surface area contributed by atoms with Gasteiger partial charge in [-0.1, -0.05) is 12.1 Å². The highest BCUT2D eigenvalue weighted by Crippen LogP contribution is 2.23. The molecule has 0 bridgehead atoms. The van der Waals surface area contributed by atoms with Gasteiger partial charge in [0.15, 0.2) is 0 Å². The number of H-pyrrole nitrogens is 1. The van der Waals surface area contributed by atoms with E-state index in [0.717, 1.165) is 42.8 Å². The number of nitrogens with one attached hydrogen (secondary N) is 2. The summed E-state index contributed by atoms with van der Waals surface area (Å²) in [7, 11) is 0. The van der Waals surface area contributed by atoms with Crippen molar-refractivity contribution in [2.75, 3.05) is 24.6 Å². The highest BCUT2D eigenvalue weighted by molar-refractivity contribution is 5.93. The number of hydrogen-bond acceptors (Lipinski definition) is 3. The molecule has 1 aliphatic heterocycles. The molecule has 0 aliphatic carbocycles. The molecule has 5 nitrogen and oxygen atoms in total. The molecule has 0 saturated carbocycles. The number of aryl methyl sites for hydroxylation is 2. The minimum Gasteiger partial charge on any atom is -0.396 e. The Labute approximate surface area is 149 Å². The van der Waals surface area contributed by atoms with Gasteiger partial charge in [-0.05, 0) is 61.9 Å². The molecule has 0 radical (unpaired) electrons. The van der Waals surface area contributed by atoms with Crippen molar-refractivity contribution < 1.29 is 9.90 Å². The summed E-state index contributed by atoms with van der Waals surface area (Å²) in [5.41, 5.74) is 4.90. The fraction of sp³-hybridized carbons (Fsp3) is 0.450. The van der Waals surface area contributed by atoms with Gasteiger partial charge in [-0.3, -0.25) is 4.79 Å². The molecule has 2 aromatic rings. The van der Waals surface area contributed by atoms with Crippen LogP contribution in [-0.4, -0.2) is 35.7 Å². The average molecular weight is 341 g/mol. The molecule has 1 amide bonds. The zero-order chi connectivity index (χ0) is 17.8. The van der Waals surface area contributed by atoms with Crippen LogP contribution >= 0.6 is 0 Å². The summed E-state index contributed by atoms with van der Waals surface area (Å²) in [5, 5.41) is 12.2. The van der Waals surface area contributed by atoms with E-state index in [2.05, 4.69) is 39.5 Å². The van der Waals surface area contributed by atoms with Crippen LogP contribution in [0.25, 0.3) is 0 Å². The van der Waals surface area contributed by atoms with Crippen LogP contribution in [0.5, 0.6) is 0 Å². The van der Waals surface area contributed by atoms with E-state index in [1.165, 1.54) is 5.69 Å². The Morgan fingerprint density at radius 3 is 2.48 bits per heavy atom. The van der Waals surface area contributed by atoms with E-state index in [1.54, 1.807) is 0 Å². The Morgan fingerprint density at radius 2 is 1.92 bits per heavy atom. The molecule has 3 rings (SSSR count). The van der Waals surface area contributed by atoms with E-state index < -0.39 is 0 Å². The molecule has 0 unspecified atom stereocenters. The number of hydrogen-bond donors (Lipinski definition) is 3. The predicted molar refractivity (Wildman–Crippen MR) is 99.9 cm³/mol. The number of amides is 1. The van der Waals surface area contributed by atoms with Crippen molar-refractivity contribution in [3.63, 3.8) is 0 Å². The van der Waals surface area contributed by atoms with Gasteiger partial charge in [0.05, 0.1) is 0 Å². The number of piperidine rings is 1. The maximum Gasteiger partial charge on any atom is 0.268 e. The predicted octanol–water partition coefficient (Wildman–Crippen LogP) is 2.77. The molecule has 0 atom stereocenters. The van der Waals surface area contributed by atoms with Crippen molar-refractivity contribution in [3.05, 3.63) is 52.8 Å². The third-order valence-electron chi connectivity index (χ3n) is 5.00. The van der Waals surface area contributed by atoms with Crippen LogP contribution in [0.15, 0.2) is 30.3 Å². The first-order valence-corrected chi connectivity index (χ1v) is 8.96. The molecule has 25 heavy (non-hydrogen) atoms. The van der Waals surface area contributed by atoms with E-state index in [1.807, 2.05) is 19.9 Å². The number of anilines is 1. The van der Waals surface area contributed by atoms with Gasteiger partial charge in [-0.25, -0.2) is 0 Å². The zero-order valence-electron chi connectivity index (χ0n) is 15.0. The maximum atomic E-state index is 12.3. The van der Waals surface area contributed by atoms with E-state index >= 15 is 0 Å². The van der Waals surface area contributed by atoms with Crippen molar-refractivity contribution >= 4 is 11.6 Å². The molecule has 1 aromatic carbocycles. The van der Waals surface area contributed by atoms with Crippen LogP contribution in [-0.2, 0) is 6.54 Å². The number of carbonyl (C=O) groups excluding carboxylic acids is 1. The Hall–Kier alpha value is -2.27. The fourth-order valence-electron chi connectivity index (χ4n) is 3.43. The van der Waals surface area contributed by atoms with Crippen LogP contribution in [0.4, 0.5) is 5.69 Å². The first kappa shape index (κ1) is 17.5. The summed E-state index contributed by atoms with van der Waals surface area (Å²) in [6.07, 6.45) is 2.09. The van der Waals surface area contributed by atoms with Crippen LogP contribution in [0.2, 0.25) is 0 Å². The summed E-state index contributed by atoms with van der Waals surface area (Å²) in [5.74, 6) is 0.381. The second-order valence-corrected chi connectivity index (χ2v) is 6.97. The minimum atomic E-state index is -0.0687. The second-order valence-electron chi connectivity index (χ2n) is 6.97. The van der Waals surface area contributed by atoms with Gasteiger partial charge in [-0.15, -0.1) is 0 Å². The third kappa shape index (κ3) is 4.23. The molecular weight excluding hydrogens is 314 g/mol. The van der Waals surface area contributed by atoms with Gasteiger partial charge >= 0.3 is 0 Å². The maximum absolute atomic E-state index is 12.3. The van der Waals surface area contributed by atoms with Gasteiger partial charge in [0.2, 0.25) is 0 Å². The number of aromatic nitrogens is 1. The number of carbonyl (C=O) groups is 1. The zero-order valence-corrected chi connectivity index (χ0v) is 15.0. The number of aliphatic hydroxyl groups excluding tert-OH is 1. The van der Waals surface area contributed by atoms with Crippen LogP contribution in [0, 0.1) is 19.8 Å². The first-order chi connectivity index (χ1) is 12.1. The van der Waals surface area contributed by atoms with Gasteiger partial charge in [0, 0.05) is 37.6 Å². The standard InChI is InChI=1S/C20H27N3O2/c1-14-11-15(2)22-19(14)20(25)21-12-16-3-5-18(6-4-16)23-9-7-17(13-24)8-10-23/h3-6,11,17,22,24H,7-10,12-13H2,1-2H3,(H,21,25). The summed E-state index contributed by atoms with van der Waals surface area (Å²) < 4.78 is 0. The molecule has 2 heterocycles. The average Bonchev–Trinajstić information content (AvgIpc) is 2.98. The highest BCUT2D eigenvalue weighted by Gasteiger charge is 2.18. The van der Waals surface area contributed by atoms with Gasteiger partial charge in [-0.2, -0.15) is 0 Å². The third-order valence-corrected chi connectivity index (χ3v) is 5.00. The number of aliphatic hydroxyl groups is 1. The van der Waals surface area contributed by atoms with E-state index in [0.29, 0.717) is 24.8 Å². The fourth-order valence-corrected chi connectivity index (χ4v) is 3.43. The minimum absolute atomic E-state index is 0.0687. The number of nitrogens with zero attached hydrogens (tertiary/aromatic N) is 1. The van der Waals surface area contributed by atoms with Crippen molar-refractivity contribution in [1.29, 1.82) is 0 Å². The van der Waals surface area contributed by atoms with Gasteiger partial charge in [0.25, 0.3) is 5.91 Å². The first-order valence-electron chi connectivity index (χ1n) is 8.96. The molecule has 0 spiro atoms. The van der Waals surface area contributed by atoms with E-state index in [-0.39, 0.29) is 5.91 Å². The Kier molecular flexibility index (Phi) is 5.43. The molecular formula is C20H27N3O2. The van der Waals surface area contributed by atoms with Gasteiger partial charge in [0.1, 0.15) is 5.69 Å². The normalized spacial score (nSPS) is 15.4. The smallest absolute Gasteiger partial charge is 0.268 e. The summed E-state index contributed by atoms with van der Waals surface area (Å²) in [4.78, 5) is 17.7. The van der Waals surface area contributed by atoms with Crippen LogP contribution in [0.3, 0.4) is 0 Å². The summed E-state index contributed by atoms with van der Waals surface area (Å²) in [6, 6.07) is 10.3. The monoisotopic (exact) mass is 341 g/mol. The lowest BCUT2D eigenvalue weighted by atomic mass is 9.97. The molecule has 134 valence electrons. The summed E-state index contributed by atoms with van der Waals surface area (Å²) >= 11 is 0. The largest absolute Gasteiger partial charge is 0.396 e. The molecule has 1 fully saturated rings. The van der Waals surface area contributed by atoms with Crippen molar-refractivity contribution in [1.82, 2.24) is 10.3 Å². The molecule has 1 aliphatic rings. The lowest BCUT2D eigenvalue weighted by molar-refractivity contribution is 0.0946. The van der Waals surface area contributed by atoms with E-state index in [4.69, 9.17) is 0 Å². The number of aromatic amines is 1. The van der Waals surface area contributed by atoms with Crippen molar-refractivity contribution in [3.8, 4) is 0 Å². The molecule has 1 saturated heterocycles.